The number of benzene rings is 2. The van der Waals surface area contributed by atoms with Crippen LogP contribution in [0.2, 0.25) is 0 Å². The van der Waals surface area contributed by atoms with Crippen LogP contribution in [-0.4, -0.2) is 18.5 Å². The number of carbonyl (C=O) groups excluding carboxylic acids is 2. The van der Waals surface area contributed by atoms with Gasteiger partial charge in [-0.15, -0.1) is 0 Å². The Morgan fingerprint density at radius 2 is 1.79 bits per heavy atom. The van der Waals surface area contributed by atoms with Crippen LogP contribution in [-0.2, 0) is 4.79 Å². The van der Waals surface area contributed by atoms with Crippen molar-refractivity contribution in [3.8, 4) is 0 Å². The number of nitrogens with one attached hydrogen (secondary N) is 2. The van der Waals surface area contributed by atoms with Gasteiger partial charge in [0.25, 0.3) is 5.91 Å². The van der Waals surface area contributed by atoms with E-state index >= 15 is 0 Å². The van der Waals surface area contributed by atoms with Crippen molar-refractivity contribution in [2.24, 2.45) is 0 Å². The lowest BCUT2D eigenvalue weighted by Gasteiger charge is -2.11. The lowest BCUT2D eigenvalue weighted by molar-refractivity contribution is -0.682. The van der Waals surface area contributed by atoms with Crippen LogP contribution in [0.3, 0.4) is 0 Å². The molecule has 5 nitrogen and oxygen atoms in total. The van der Waals surface area contributed by atoms with Crippen molar-refractivity contribution in [2.75, 3.05) is 11.9 Å². The highest BCUT2D eigenvalue weighted by molar-refractivity contribution is 6.01. The zero-order valence-corrected chi connectivity index (χ0v) is 13.1. The maximum absolute atomic E-state index is 13.2. The summed E-state index contributed by atoms with van der Waals surface area (Å²) >= 11 is 0. The number of nitrogens with two attached hydrogens (primary N) is 1. The van der Waals surface area contributed by atoms with E-state index in [-0.39, 0.29) is 12.6 Å². The number of urea groups is 1. The third-order valence-corrected chi connectivity index (χ3v) is 3.41. The Morgan fingerprint density at radius 3 is 2.46 bits per heavy atom. The molecule has 0 aliphatic heterocycles. The van der Waals surface area contributed by atoms with Gasteiger partial charge in [0.15, 0.2) is 18.2 Å². The molecule has 0 fully saturated rings. The monoisotopic (exact) mass is 334 g/mol. The van der Waals surface area contributed by atoms with E-state index in [2.05, 4.69) is 10.6 Å². The number of anilines is 1. The van der Waals surface area contributed by atoms with Gasteiger partial charge in [0, 0.05) is 11.3 Å². The Kier molecular flexibility index (Phi) is 5.97. The number of imide groups is 1. The standard InChI is InChI=1S/C17H17F2N3O2/c1-11(12-7-8-14(18)15(19)9-12)20-10-16(23)22-17(24)21-13-5-3-2-4-6-13/h2-9,11,20H,10H2,1H3,(H2,21,22,23,24)/p+1/t11-/m0/s1. The molecule has 2 rings (SSSR count). The molecule has 1 atom stereocenters. The molecule has 0 heterocycles. The first-order valence-corrected chi connectivity index (χ1v) is 7.40. The van der Waals surface area contributed by atoms with Crippen LogP contribution in [0.1, 0.15) is 18.5 Å². The summed E-state index contributed by atoms with van der Waals surface area (Å²) in [7, 11) is 0. The minimum absolute atomic E-state index is 0.0254. The number of para-hydroxylation sites is 1. The highest BCUT2D eigenvalue weighted by atomic mass is 19.2. The molecule has 7 heteroatoms. The van der Waals surface area contributed by atoms with Gasteiger partial charge in [-0.3, -0.25) is 10.1 Å². The molecule has 0 aromatic heterocycles. The first-order chi connectivity index (χ1) is 11.5. The van der Waals surface area contributed by atoms with Gasteiger partial charge in [-0.1, -0.05) is 18.2 Å². The van der Waals surface area contributed by atoms with E-state index in [1.54, 1.807) is 36.5 Å². The van der Waals surface area contributed by atoms with Crippen LogP contribution in [0.5, 0.6) is 0 Å². The summed E-state index contributed by atoms with van der Waals surface area (Å²) < 4.78 is 26.1. The summed E-state index contributed by atoms with van der Waals surface area (Å²) in [6.07, 6.45) is 0. The first-order valence-electron chi connectivity index (χ1n) is 7.40. The van der Waals surface area contributed by atoms with Gasteiger partial charge in [0.05, 0.1) is 0 Å². The molecule has 0 bridgehead atoms. The van der Waals surface area contributed by atoms with Crippen molar-refractivity contribution < 1.29 is 23.7 Å². The predicted octanol–water partition coefficient (Wildman–Crippen LogP) is 1.94. The third kappa shape index (κ3) is 5.13. The summed E-state index contributed by atoms with van der Waals surface area (Å²) in [5.74, 6) is -2.33. The Morgan fingerprint density at radius 1 is 1.08 bits per heavy atom. The van der Waals surface area contributed by atoms with E-state index in [0.29, 0.717) is 11.3 Å². The molecule has 0 saturated heterocycles. The fourth-order valence-corrected chi connectivity index (χ4v) is 2.08. The molecule has 0 aliphatic carbocycles. The van der Waals surface area contributed by atoms with E-state index in [9.17, 15) is 18.4 Å². The molecule has 126 valence electrons. The average molecular weight is 334 g/mol. The Balaban J connectivity index is 1.79. The van der Waals surface area contributed by atoms with Gasteiger partial charge in [-0.2, -0.15) is 0 Å². The molecule has 0 unspecified atom stereocenters. The smallest absolute Gasteiger partial charge is 0.326 e. The number of halogens is 2. The zero-order chi connectivity index (χ0) is 17.5. The van der Waals surface area contributed by atoms with E-state index in [0.717, 1.165) is 12.1 Å². The summed E-state index contributed by atoms with van der Waals surface area (Å²) in [6.45, 7) is 1.73. The normalized spacial score (nSPS) is 11.6. The van der Waals surface area contributed by atoms with Gasteiger partial charge in [0.2, 0.25) is 0 Å². The van der Waals surface area contributed by atoms with Gasteiger partial charge >= 0.3 is 6.03 Å². The predicted molar refractivity (Wildman–Crippen MR) is 85.2 cm³/mol. The SMILES string of the molecule is C[C@H]([NH2+]CC(=O)NC(=O)Nc1ccccc1)c1ccc(F)c(F)c1. The average Bonchev–Trinajstić information content (AvgIpc) is 2.56. The van der Waals surface area contributed by atoms with Crippen LogP contribution in [0.15, 0.2) is 48.5 Å². The number of carbonyl (C=O) groups is 2. The number of hydrogen-bond acceptors (Lipinski definition) is 2. The second-order valence-electron chi connectivity index (χ2n) is 5.27. The summed E-state index contributed by atoms with van der Waals surface area (Å²) in [6, 6.07) is 11.4. The molecule has 3 amide bonds. The molecule has 0 saturated carbocycles. The van der Waals surface area contributed by atoms with Gasteiger partial charge in [-0.05, 0) is 37.3 Å². The van der Waals surface area contributed by atoms with Gasteiger partial charge < -0.3 is 10.6 Å². The second kappa shape index (κ2) is 8.16. The van der Waals surface area contributed by atoms with Crippen molar-refractivity contribution in [2.45, 2.75) is 13.0 Å². The maximum Gasteiger partial charge on any atom is 0.326 e. The van der Waals surface area contributed by atoms with Crippen LogP contribution < -0.4 is 16.0 Å². The topological polar surface area (TPSA) is 74.8 Å². The molecule has 0 radical (unpaired) electrons. The summed E-state index contributed by atoms with van der Waals surface area (Å²) in [4.78, 5) is 23.4. The first kappa shape index (κ1) is 17.6. The molecule has 24 heavy (non-hydrogen) atoms. The maximum atomic E-state index is 13.2. The Hall–Kier alpha value is -2.80. The molecular weight excluding hydrogens is 316 g/mol. The second-order valence-corrected chi connectivity index (χ2v) is 5.27. The number of hydrogen-bond donors (Lipinski definition) is 3. The van der Waals surface area contributed by atoms with Crippen molar-refractivity contribution in [1.82, 2.24) is 5.32 Å². The number of amides is 3. The van der Waals surface area contributed by atoms with Gasteiger partial charge in [-0.25, -0.2) is 13.6 Å². The van der Waals surface area contributed by atoms with Crippen molar-refractivity contribution in [3.63, 3.8) is 0 Å². The van der Waals surface area contributed by atoms with Crippen LogP contribution in [0.25, 0.3) is 0 Å². The zero-order valence-electron chi connectivity index (χ0n) is 13.1. The van der Waals surface area contributed by atoms with Crippen molar-refractivity contribution >= 4 is 17.6 Å². The fraction of sp³-hybridized carbons (Fsp3) is 0.176. The molecule has 2 aromatic rings. The van der Waals surface area contributed by atoms with Crippen molar-refractivity contribution in [3.05, 3.63) is 65.7 Å². The lowest BCUT2D eigenvalue weighted by atomic mass is 10.1. The van der Waals surface area contributed by atoms with Crippen LogP contribution in [0, 0.1) is 11.6 Å². The molecule has 0 spiro atoms. The lowest BCUT2D eigenvalue weighted by Crippen LogP contribution is -2.87. The van der Waals surface area contributed by atoms with Crippen LogP contribution >= 0.6 is 0 Å². The van der Waals surface area contributed by atoms with Gasteiger partial charge in [0.1, 0.15) is 6.04 Å². The highest BCUT2D eigenvalue weighted by Crippen LogP contribution is 2.13. The molecule has 2 aromatic carbocycles. The van der Waals surface area contributed by atoms with E-state index in [1.165, 1.54) is 6.07 Å². The minimum atomic E-state index is -0.931. The molecular formula is C17H18F2N3O2+. The fourth-order valence-electron chi connectivity index (χ4n) is 2.08. The van der Waals surface area contributed by atoms with E-state index in [1.807, 2.05) is 6.07 Å². The van der Waals surface area contributed by atoms with E-state index < -0.39 is 23.6 Å². The molecule has 0 aliphatic rings. The number of rotatable bonds is 5. The summed E-state index contributed by atoms with van der Waals surface area (Å²) in [5.41, 5.74) is 1.12. The Bertz CT molecular complexity index is 723. The minimum Gasteiger partial charge on any atom is -0.333 e. The largest absolute Gasteiger partial charge is 0.333 e. The Labute approximate surface area is 138 Å². The van der Waals surface area contributed by atoms with Crippen LogP contribution in [0.4, 0.5) is 19.3 Å². The molecule has 4 N–H and O–H groups in total. The highest BCUT2D eigenvalue weighted by Gasteiger charge is 2.15. The quantitative estimate of drug-likeness (QED) is 0.782. The van der Waals surface area contributed by atoms with Crippen molar-refractivity contribution in [1.29, 1.82) is 0 Å². The number of quaternary nitrogens is 1. The third-order valence-electron chi connectivity index (χ3n) is 3.41. The van der Waals surface area contributed by atoms with E-state index in [4.69, 9.17) is 0 Å². The summed E-state index contributed by atoms with van der Waals surface area (Å²) in [5, 5.41) is 6.35.